The van der Waals surface area contributed by atoms with Gasteiger partial charge in [0.05, 0.1) is 7.11 Å². The van der Waals surface area contributed by atoms with Gasteiger partial charge < -0.3 is 14.7 Å². The second-order valence-electron chi connectivity index (χ2n) is 3.51. The van der Waals surface area contributed by atoms with Gasteiger partial charge in [-0.1, -0.05) is 0 Å². The van der Waals surface area contributed by atoms with E-state index in [-0.39, 0.29) is 0 Å². The van der Waals surface area contributed by atoms with E-state index in [0.717, 1.165) is 24.4 Å². The van der Waals surface area contributed by atoms with E-state index in [2.05, 4.69) is 0 Å². The van der Waals surface area contributed by atoms with Gasteiger partial charge in [-0.05, 0) is 43.2 Å². The van der Waals surface area contributed by atoms with Crippen LogP contribution in [-0.2, 0) is 6.42 Å². The zero-order chi connectivity index (χ0) is 10.8. The number of aliphatic hydroxyl groups is 1. The lowest BCUT2D eigenvalue weighted by Gasteiger charge is -2.28. The van der Waals surface area contributed by atoms with Crippen LogP contribution >= 0.6 is 0 Å². The molecule has 1 aliphatic heterocycles. The van der Waals surface area contributed by atoms with Gasteiger partial charge in [0, 0.05) is 12.2 Å². The van der Waals surface area contributed by atoms with Crippen molar-refractivity contribution in [1.82, 2.24) is 0 Å². The number of hydrogen-bond acceptors (Lipinski definition) is 3. The quantitative estimate of drug-likeness (QED) is 0.805. The third-order valence-electron chi connectivity index (χ3n) is 2.67. The molecule has 1 aromatic rings. The number of allylic oxidation sites excluding steroid dienone is 1. The van der Waals surface area contributed by atoms with Gasteiger partial charge in [-0.25, -0.2) is 0 Å². The van der Waals surface area contributed by atoms with E-state index < -0.39 is 0 Å². The van der Waals surface area contributed by atoms with E-state index in [1.54, 1.807) is 7.11 Å². The molecular formula is C12H15NO2. The number of ether oxygens (including phenoxy) is 1. The number of aliphatic hydroxyl groups excluding tert-OH is 1. The van der Waals surface area contributed by atoms with E-state index in [4.69, 9.17) is 4.74 Å². The van der Waals surface area contributed by atoms with Gasteiger partial charge in [-0.3, -0.25) is 0 Å². The number of benzene rings is 1. The van der Waals surface area contributed by atoms with Crippen LogP contribution in [0.3, 0.4) is 0 Å². The van der Waals surface area contributed by atoms with Crippen molar-refractivity contribution < 1.29 is 9.84 Å². The van der Waals surface area contributed by atoms with Crippen LogP contribution in [0.25, 0.3) is 0 Å². The first-order chi connectivity index (χ1) is 7.26. The summed E-state index contributed by atoms with van der Waals surface area (Å²) >= 11 is 0. The zero-order valence-electron chi connectivity index (χ0n) is 9.03. The number of anilines is 1. The van der Waals surface area contributed by atoms with Crippen LogP contribution in [0.15, 0.2) is 30.2 Å². The van der Waals surface area contributed by atoms with Crippen LogP contribution < -0.4 is 9.64 Å². The third kappa shape index (κ3) is 1.65. The first kappa shape index (κ1) is 9.90. The van der Waals surface area contributed by atoms with Crippen molar-refractivity contribution in [3.63, 3.8) is 0 Å². The summed E-state index contributed by atoms with van der Waals surface area (Å²) in [4.78, 5) is 1.89. The van der Waals surface area contributed by atoms with Gasteiger partial charge in [0.25, 0.3) is 0 Å². The molecule has 0 amide bonds. The molecule has 0 unspecified atom stereocenters. The molecule has 0 spiro atoms. The molecule has 0 radical (unpaired) electrons. The van der Waals surface area contributed by atoms with Gasteiger partial charge in [0.15, 0.2) is 5.88 Å². The predicted octanol–water partition coefficient (Wildman–Crippen LogP) is 2.48. The molecule has 0 bridgehead atoms. The van der Waals surface area contributed by atoms with Crippen molar-refractivity contribution in [2.24, 2.45) is 0 Å². The van der Waals surface area contributed by atoms with Crippen molar-refractivity contribution in [3.05, 3.63) is 35.7 Å². The standard InChI is InChI=1S/C12H15NO2/c1-3-13-11-6-5-10(15-2)8-9(11)4-7-12(13)14/h5-8,14H,3-4H2,1-2H3. The Labute approximate surface area is 89.6 Å². The second kappa shape index (κ2) is 3.85. The Morgan fingerprint density at radius 2 is 2.27 bits per heavy atom. The molecule has 1 aliphatic rings. The lowest BCUT2D eigenvalue weighted by Crippen LogP contribution is -2.25. The summed E-state index contributed by atoms with van der Waals surface area (Å²) in [5.41, 5.74) is 2.26. The molecule has 80 valence electrons. The van der Waals surface area contributed by atoms with Gasteiger partial charge in [0.2, 0.25) is 0 Å². The van der Waals surface area contributed by atoms with Crippen molar-refractivity contribution >= 4 is 5.69 Å². The Morgan fingerprint density at radius 1 is 1.47 bits per heavy atom. The first-order valence-corrected chi connectivity index (χ1v) is 5.10. The maximum absolute atomic E-state index is 9.70. The molecule has 3 heteroatoms. The predicted molar refractivity (Wildman–Crippen MR) is 60.4 cm³/mol. The Morgan fingerprint density at radius 3 is 2.93 bits per heavy atom. The molecule has 2 rings (SSSR count). The smallest absolute Gasteiger partial charge is 0.187 e. The number of nitrogens with zero attached hydrogens (tertiary/aromatic N) is 1. The van der Waals surface area contributed by atoms with E-state index in [1.807, 2.05) is 36.1 Å². The van der Waals surface area contributed by atoms with E-state index in [9.17, 15) is 5.11 Å². The minimum absolute atomic E-state index is 0.343. The summed E-state index contributed by atoms with van der Waals surface area (Å²) in [7, 11) is 1.66. The SMILES string of the molecule is CCN1C(O)=CCc2cc(OC)ccc21. The monoisotopic (exact) mass is 205 g/mol. The Bertz CT molecular complexity index is 399. The molecular weight excluding hydrogens is 190 g/mol. The van der Waals surface area contributed by atoms with Crippen LogP contribution in [0, 0.1) is 0 Å². The molecule has 1 aromatic carbocycles. The highest BCUT2D eigenvalue weighted by Crippen LogP contribution is 2.31. The molecule has 15 heavy (non-hydrogen) atoms. The van der Waals surface area contributed by atoms with Crippen LogP contribution in [0.5, 0.6) is 5.75 Å². The van der Waals surface area contributed by atoms with Gasteiger partial charge in [-0.2, -0.15) is 0 Å². The maximum atomic E-state index is 9.70. The molecule has 0 fully saturated rings. The lowest BCUT2D eigenvalue weighted by molar-refractivity contribution is 0.385. The second-order valence-corrected chi connectivity index (χ2v) is 3.51. The highest BCUT2D eigenvalue weighted by molar-refractivity contribution is 5.62. The van der Waals surface area contributed by atoms with Crippen molar-refractivity contribution in [1.29, 1.82) is 0 Å². The largest absolute Gasteiger partial charge is 0.497 e. The van der Waals surface area contributed by atoms with Gasteiger partial charge in [0.1, 0.15) is 5.75 Å². The third-order valence-corrected chi connectivity index (χ3v) is 2.67. The summed E-state index contributed by atoms with van der Waals surface area (Å²) in [5, 5.41) is 9.70. The van der Waals surface area contributed by atoms with E-state index >= 15 is 0 Å². The maximum Gasteiger partial charge on any atom is 0.187 e. The molecule has 0 atom stereocenters. The van der Waals surface area contributed by atoms with Gasteiger partial charge in [-0.15, -0.1) is 0 Å². The molecule has 3 nitrogen and oxygen atoms in total. The van der Waals surface area contributed by atoms with Crippen LogP contribution in [-0.4, -0.2) is 18.8 Å². The van der Waals surface area contributed by atoms with Crippen molar-refractivity contribution in [2.45, 2.75) is 13.3 Å². The molecule has 0 saturated heterocycles. The molecule has 0 aliphatic carbocycles. The number of fused-ring (bicyclic) bond motifs is 1. The summed E-state index contributed by atoms with van der Waals surface area (Å²) in [6.45, 7) is 2.78. The topological polar surface area (TPSA) is 32.7 Å². The fraction of sp³-hybridized carbons (Fsp3) is 0.333. The summed E-state index contributed by atoms with van der Waals surface area (Å²) in [5.74, 6) is 1.20. The lowest BCUT2D eigenvalue weighted by atomic mass is 10.0. The molecule has 0 saturated carbocycles. The zero-order valence-corrected chi connectivity index (χ0v) is 9.03. The van der Waals surface area contributed by atoms with Gasteiger partial charge >= 0.3 is 0 Å². The molecule has 1 heterocycles. The fourth-order valence-electron chi connectivity index (χ4n) is 1.88. The molecule has 0 aromatic heterocycles. The average Bonchev–Trinajstić information content (AvgIpc) is 2.28. The summed E-state index contributed by atoms with van der Waals surface area (Å²) in [6.07, 6.45) is 2.58. The first-order valence-electron chi connectivity index (χ1n) is 5.10. The Hall–Kier alpha value is -1.64. The summed E-state index contributed by atoms with van der Waals surface area (Å²) < 4.78 is 5.17. The highest BCUT2D eigenvalue weighted by Gasteiger charge is 2.17. The number of methoxy groups -OCH3 is 1. The normalized spacial score (nSPS) is 14.5. The highest BCUT2D eigenvalue weighted by atomic mass is 16.5. The van der Waals surface area contributed by atoms with Crippen molar-refractivity contribution in [2.75, 3.05) is 18.6 Å². The van der Waals surface area contributed by atoms with E-state index in [0.29, 0.717) is 5.88 Å². The van der Waals surface area contributed by atoms with Crippen LogP contribution in [0.4, 0.5) is 5.69 Å². The summed E-state index contributed by atoms with van der Waals surface area (Å²) in [6, 6.07) is 5.92. The number of rotatable bonds is 2. The fourth-order valence-corrected chi connectivity index (χ4v) is 1.88. The van der Waals surface area contributed by atoms with Crippen molar-refractivity contribution in [3.8, 4) is 5.75 Å². The minimum atomic E-state index is 0.343. The molecule has 1 N–H and O–H groups in total. The average molecular weight is 205 g/mol. The minimum Gasteiger partial charge on any atom is -0.497 e. The van der Waals surface area contributed by atoms with Crippen LogP contribution in [0.2, 0.25) is 0 Å². The van der Waals surface area contributed by atoms with Crippen LogP contribution in [0.1, 0.15) is 12.5 Å². The number of hydrogen-bond donors (Lipinski definition) is 1. The van der Waals surface area contributed by atoms with E-state index in [1.165, 1.54) is 5.56 Å². The Kier molecular flexibility index (Phi) is 2.54. The Balaban J connectivity index is 2.42.